The van der Waals surface area contributed by atoms with Gasteiger partial charge in [-0.3, -0.25) is 9.59 Å². The van der Waals surface area contributed by atoms with E-state index in [1.165, 1.54) is 6.92 Å². The number of allylic oxidation sites excluding steroid dienone is 2. The van der Waals surface area contributed by atoms with E-state index in [-0.39, 0.29) is 35.6 Å². The molecule has 0 amide bonds. The smallest absolute Gasteiger partial charge is 0.302 e. The average molecular weight is 376 g/mol. The number of hydrogen-bond donors (Lipinski definition) is 2. The number of carbonyl (C=O) groups excluding carboxylic acids is 2. The number of aliphatic hydroxyl groups is 2. The molecule has 2 N–H and O–H groups in total. The van der Waals surface area contributed by atoms with Gasteiger partial charge in [-0.15, -0.1) is 0 Å². The van der Waals surface area contributed by atoms with Gasteiger partial charge in [-0.2, -0.15) is 0 Å². The fourth-order valence-corrected chi connectivity index (χ4v) is 5.88. The summed E-state index contributed by atoms with van der Waals surface area (Å²) in [6.45, 7) is 9.33. The number of esters is 1. The summed E-state index contributed by atoms with van der Waals surface area (Å²) in [6.07, 6.45) is 3.13. The summed E-state index contributed by atoms with van der Waals surface area (Å²) < 4.78 is 5.80. The second-order valence-electron chi connectivity index (χ2n) is 9.31. The van der Waals surface area contributed by atoms with Crippen molar-refractivity contribution in [2.45, 2.75) is 72.5 Å². The molecule has 0 aromatic heterocycles. The van der Waals surface area contributed by atoms with Gasteiger partial charge < -0.3 is 14.9 Å². The van der Waals surface area contributed by atoms with Crippen LogP contribution in [-0.4, -0.2) is 40.8 Å². The van der Waals surface area contributed by atoms with Crippen LogP contribution < -0.4 is 0 Å². The van der Waals surface area contributed by atoms with Crippen LogP contribution in [-0.2, 0) is 14.3 Å². The van der Waals surface area contributed by atoms with Gasteiger partial charge in [0.1, 0.15) is 6.10 Å². The van der Waals surface area contributed by atoms with E-state index >= 15 is 0 Å². The Bertz CT molecular complexity index is 716. The number of aliphatic hydroxyl groups excluding tert-OH is 2. The van der Waals surface area contributed by atoms with E-state index in [0.717, 1.165) is 29.6 Å². The lowest BCUT2D eigenvalue weighted by Crippen LogP contribution is -2.57. The van der Waals surface area contributed by atoms with Crippen molar-refractivity contribution in [3.8, 4) is 0 Å². The Labute approximate surface area is 161 Å². The monoisotopic (exact) mass is 376 g/mol. The summed E-state index contributed by atoms with van der Waals surface area (Å²) >= 11 is 0. The number of fused-ring (bicyclic) bond motifs is 3. The van der Waals surface area contributed by atoms with Gasteiger partial charge in [0.25, 0.3) is 0 Å². The molecule has 0 aromatic rings. The molecule has 3 aliphatic rings. The van der Waals surface area contributed by atoms with Crippen molar-refractivity contribution in [2.24, 2.45) is 22.7 Å². The van der Waals surface area contributed by atoms with E-state index in [1.807, 2.05) is 13.0 Å². The van der Waals surface area contributed by atoms with Crippen molar-refractivity contribution in [2.75, 3.05) is 6.61 Å². The van der Waals surface area contributed by atoms with Crippen molar-refractivity contribution >= 4 is 11.8 Å². The quantitative estimate of drug-likeness (QED) is 0.572. The number of ether oxygens (including phenoxy) is 1. The molecule has 0 aromatic carbocycles. The van der Waals surface area contributed by atoms with E-state index in [0.29, 0.717) is 12.8 Å². The lowest BCUT2D eigenvalue weighted by atomic mass is 9.51. The Hall–Kier alpha value is -1.46. The molecule has 5 unspecified atom stereocenters. The maximum Gasteiger partial charge on any atom is 0.302 e. The first-order valence-electron chi connectivity index (χ1n) is 9.92. The second kappa shape index (κ2) is 6.85. The van der Waals surface area contributed by atoms with Gasteiger partial charge in [-0.1, -0.05) is 32.4 Å². The Balaban J connectivity index is 2.22. The van der Waals surface area contributed by atoms with Gasteiger partial charge >= 0.3 is 5.97 Å². The molecule has 0 radical (unpaired) electrons. The van der Waals surface area contributed by atoms with Crippen LogP contribution in [0, 0.1) is 22.7 Å². The number of carbonyl (C=O) groups is 2. The van der Waals surface area contributed by atoms with E-state index < -0.39 is 17.6 Å². The van der Waals surface area contributed by atoms with Gasteiger partial charge in [0, 0.05) is 37.0 Å². The third kappa shape index (κ3) is 3.09. The van der Waals surface area contributed by atoms with Crippen LogP contribution >= 0.6 is 0 Å². The van der Waals surface area contributed by atoms with Crippen LogP contribution in [0.1, 0.15) is 60.3 Å². The van der Waals surface area contributed by atoms with Crippen molar-refractivity contribution < 1.29 is 24.5 Å². The third-order valence-corrected chi connectivity index (χ3v) is 7.55. The fraction of sp³-hybridized carbons (Fsp3) is 0.727. The van der Waals surface area contributed by atoms with E-state index in [4.69, 9.17) is 4.74 Å². The number of ketones is 1. The molecule has 5 atom stereocenters. The highest BCUT2D eigenvalue weighted by atomic mass is 16.5. The SMILES string of the molecule is CC(=O)OC1CC2=C(C)C(=O)CC(C(O)C3C(CO)=CCCC13C)C2(C)C. The minimum absolute atomic E-state index is 0.0592. The zero-order valence-electron chi connectivity index (χ0n) is 17.0. The lowest BCUT2D eigenvalue weighted by Gasteiger charge is -2.56. The zero-order valence-corrected chi connectivity index (χ0v) is 17.0. The van der Waals surface area contributed by atoms with E-state index in [9.17, 15) is 19.8 Å². The summed E-state index contributed by atoms with van der Waals surface area (Å²) in [4.78, 5) is 24.6. The fourth-order valence-electron chi connectivity index (χ4n) is 5.88. The summed E-state index contributed by atoms with van der Waals surface area (Å²) in [7, 11) is 0. The molecular formula is C22H32O5. The van der Waals surface area contributed by atoms with E-state index in [1.54, 1.807) is 0 Å². The average Bonchev–Trinajstić information content (AvgIpc) is 2.58. The Kier molecular flexibility index (Phi) is 5.15. The summed E-state index contributed by atoms with van der Waals surface area (Å²) in [6, 6.07) is 0. The first kappa shape index (κ1) is 20.3. The summed E-state index contributed by atoms with van der Waals surface area (Å²) in [5.41, 5.74) is 1.67. The molecule has 0 aliphatic heterocycles. The van der Waals surface area contributed by atoms with E-state index in [2.05, 4.69) is 20.8 Å². The molecule has 3 rings (SSSR count). The molecule has 5 heteroatoms. The summed E-state index contributed by atoms with van der Waals surface area (Å²) in [5.74, 6) is -0.856. The topological polar surface area (TPSA) is 83.8 Å². The normalized spacial score (nSPS) is 38.5. The minimum atomic E-state index is -0.783. The van der Waals surface area contributed by atoms with Crippen molar-refractivity contribution in [3.05, 3.63) is 22.8 Å². The van der Waals surface area contributed by atoms with Crippen LogP contribution in [0.25, 0.3) is 0 Å². The molecule has 1 fully saturated rings. The predicted molar refractivity (Wildman–Crippen MR) is 102 cm³/mol. The molecule has 3 aliphatic carbocycles. The molecule has 0 heterocycles. The zero-order chi connectivity index (χ0) is 20.1. The van der Waals surface area contributed by atoms with Crippen LogP contribution in [0.2, 0.25) is 0 Å². The molecule has 150 valence electrons. The van der Waals surface area contributed by atoms with Crippen molar-refractivity contribution in [3.63, 3.8) is 0 Å². The van der Waals surface area contributed by atoms with Gasteiger partial charge in [0.2, 0.25) is 0 Å². The minimum Gasteiger partial charge on any atom is -0.462 e. The summed E-state index contributed by atoms with van der Waals surface area (Å²) in [5, 5.41) is 21.5. The molecule has 0 spiro atoms. The van der Waals surface area contributed by atoms with Crippen LogP contribution in [0.4, 0.5) is 0 Å². The van der Waals surface area contributed by atoms with Gasteiger partial charge in [-0.25, -0.2) is 0 Å². The molecule has 0 saturated heterocycles. The lowest BCUT2D eigenvalue weighted by molar-refractivity contribution is -0.165. The van der Waals surface area contributed by atoms with Crippen LogP contribution in [0.15, 0.2) is 22.8 Å². The molecule has 5 nitrogen and oxygen atoms in total. The van der Waals surface area contributed by atoms with Gasteiger partial charge in [0.15, 0.2) is 5.78 Å². The number of Topliss-reactive ketones (excluding diaryl/α,β-unsaturated/α-hetero) is 1. The van der Waals surface area contributed by atoms with Gasteiger partial charge in [0.05, 0.1) is 12.7 Å². The number of rotatable bonds is 2. The Morgan fingerprint density at radius 2 is 1.96 bits per heavy atom. The molecule has 1 saturated carbocycles. The van der Waals surface area contributed by atoms with Crippen molar-refractivity contribution in [1.29, 1.82) is 0 Å². The van der Waals surface area contributed by atoms with Gasteiger partial charge in [-0.05, 0) is 36.3 Å². The maximum atomic E-state index is 12.7. The first-order valence-corrected chi connectivity index (χ1v) is 9.92. The van der Waals surface area contributed by atoms with Crippen LogP contribution in [0.5, 0.6) is 0 Å². The molecular weight excluding hydrogens is 344 g/mol. The van der Waals surface area contributed by atoms with Crippen molar-refractivity contribution in [1.82, 2.24) is 0 Å². The second-order valence-corrected chi connectivity index (χ2v) is 9.31. The number of hydrogen-bond acceptors (Lipinski definition) is 5. The largest absolute Gasteiger partial charge is 0.462 e. The molecule has 2 bridgehead atoms. The maximum absolute atomic E-state index is 12.7. The highest BCUT2D eigenvalue weighted by Crippen LogP contribution is 2.58. The Morgan fingerprint density at radius 3 is 2.56 bits per heavy atom. The highest BCUT2D eigenvalue weighted by Gasteiger charge is 2.57. The first-order chi connectivity index (χ1) is 12.5. The third-order valence-electron chi connectivity index (χ3n) is 7.55. The highest BCUT2D eigenvalue weighted by molar-refractivity contribution is 5.97. The molecule has 27 heavy (non-hydrogen) atoms. The predicted octanol–water partition coefficient (Wildman–Crippen LogP) is 2.95. The standard InChI is InChI=1S/C22H32O5/c1-12-15-10-18(27-13(2)24)22(5)8-6-7-14(11-23)19(22)20(26)16(9-17(12)25)21(15,3)4/h7,16,18-20,23,26H,6,8-11H2,1-5H3. The van der Waals surface area contributed by atoms with Crippen LogP contribution in [0.3, 0.4) is 0 Å². The Morgan fingerprint density at radius 1 is 1.30 bits per heavy atom.